The van der Waals surface area contributed by atoms with Gasteiger partial charge in [-0.15, -0.1) is 0 Å². The third-order valence-electron chi connectivity index (χ3n) is 6.66. The molecular weight excluding hydrogens is 484 g/mol. The van der Waals surface area contributed by atoms with Gasteiger partial charge in [-0.3, -0.25) is 0 Å². The number of anilines is 6. The van der Waals surface area contributed by atoms with Crippen LogP contribution in [0.3, 0.4) is 0 Å². The Morgan fingerprint density at radius 3 is 1.08 bits per heavy atom. The highest BCUT2D eigenvalue weighted by molar-refractivity contribution is 6.28. The molecule has 0 atom stereocenters. The Morgan fingerprint density at radius 2 is 0.763 bits per heavy atom. The molecule has 4 heterocycles. The molecular formula is C28H16N6O4. The van der Waals surface area contributed by atoms with Crippen LogP contribution in [0.25, 0.3) is 32.3 Å². The number of rotatable bonds is 6. The van der Waals surface area contributed by atoms with Crippen molar-refractivity contribution in [2.24, 2.45) is 0 Å². The van der Waals surface area contributed by atoms with E-state index in [0.717, 1.165) is 43.7 Å². The first kappa shape index (κ1) is 20.5. The molecule has 0 amide bonds. The van der Waals surface area contributed by atoms with Gasteiger partial charge in [0.05, 0.1) is 36.2 Å². The monoisotopic (exact) mass is 500 g/mol. The molecule has 4 aromatic carbocycles. The van der Waals surface area contributed by atoms with Gasteiger partial charge in [0.2, 0.25) is 23.5 Å². The van der Waals surface area contributed by atoms with Crippen LogP contribution in [0.4, 0.5) is 34.9 Å². The van der Waals surface area contributed by atoms with Gasteiger partial charge in [0, 0.05) is 10.8 Å². The fourth-order valence-electron chi connectivity index (χ4n) is 5.13. The van der Waals surface area contributed by atoms with E-state index in [4.69, 9.17) is 17.7 Å². The van der Waals surface area contributed by atoms with Crippen LogP contribution in [-0.4, -0.2) is 19.9 Å². The lowest BCUT2D eigenvalue weighted by Crippen LogP contribution is -2.10. The van der Waals surface area contributed by atoms with Crippen molar-refractivity contribution < 1.29 is 17.7 Å². The standard InChI is InChI=1S/C28H16N6O4/c1-5-19-21(33(23-9-29-13-35-23)24-10-30-14-36-24)8-4-18-2-6-20-22(7-3-17(1)27(20)28(18)19)34(25-11-31-15-37-25)26-12-32-16-38-26/h1-16H. The molecule has 10 heteroatoms. The van der Waals surface area contributed by atoms with Gasteiger partial charge in [0.15, 0.2) is 25.6 Å². The highest BCUT2D eigenvalue weighted by atomic mass is 16.4. The Hall–Kier alpha value is -5.64. The van der Waals surface area contributed by atoms with Crippen molar-refractivity contribution in [1.29, 1.82) is 0 Å². The van der Waals surface area contributed by atoms with E-state index in [0.29, 0.717) is 23.5 Å². The molecule has 4 aromatic heterocycles. The van der Waals surface area contributed by atoms with E-state index in [1.807, 2.05) is 21.9 Å². The van der Waals surface area contributed by atoms with Gasteiger partial charge in [-0.1, -0.05) is 36.4 Å². The zero-order valence-electron chi connectivity index (χ0n) is 19.6. The van der Waals surface area contributed by atoms with Gasteiger partial charge < -0.3 is 17.7 Å². The molecule has 38 heavy (non-hydrogen) atoms. The molecule has 0 saturated heterocycles. The van der Waals surface area contributed by atoms with Crippen LogP contribution in [0.2, 0.25) is 0 Å². The quantitative estimate of drug-likeness (QED) is 0.213. The van der Waals surface area contributed by atoms with E-state index >= 15 is 0 Å². The predicted molar refractivity (Wildman–Crippen MR) is 140 cm³/mol. The van der Waals surface area contributed by atoms with Crippen LogP contribution < -0.4 is 9.80 Å². The van der Waals surface area contributed by atoms with Gasteiger partial charge >= 0.3 is 0 Å². The van der Waals surface area contributed by atoms with Crippen LogP contribution in [0.15, 0.2) is 117 Å². The first-order valence-electron chi connectivity index (χ1n) is 11.7. The van der Waals surface area contributed by atoms with E-state index in [1.165, 1.54) is 25.6 Å². The zero-order chi connectivity index (χ0) is 25.1. The Labute approximate surface area is 213 Å². The lowest BCUT2D eigenvalue weighted by atomic mass is 9.92. The molecule has 0 unspecified atom stereocenters. The highest BCUT2D eigenvalue weighted by Crippen LogP contribution is 2.47. The molecule has 0 spiro atoms. The first-order chi connectivity index (χ1) is 18.9. The summed E-state index contributed by atoms with van der Waals surface area (Å²) >= 11 is 0. The van der Waals surface area contributed by atoms with Crippen LogP contribution >= 0.6 is 0 Å². The number of nitrogens with zero attached hydrogens (tertiary/aromatic N) is 6. The summed E-state index contributed by atoms with van der Waals surface area (Å²) in [7, 11) is 0. The summed E-state index contributed by atoms with van der Waals surface area (Å²) in [6.07, 6.45) is 12.1. The third-order valence-corrected chi connectivity index (χ3v) is 6.66. The first-order valence-corrected chi connectivity index (χ1v) is 11.7. The minimum absolute atomic E-state index is 0.513. The van der Waals surface area contributed by atoms with Gasteiger partial charge in [0.1, 0.15) is 0 Å². The lowest BCUT2D eigenvalue weighted by Gasteiger charge is -2.24. The van der Waals surface area contributed by atoms with Crippen molar-refractivity contribution in [2.45, 2.75) is 0 Å². The molecule has 0 saturated carbocycles. The fraction of sp³-hybridized carbons (Fsp3) is 0. The maximum Gasteiger partial charge on any atom is 0.227 e. The molecule has 0 bridgehead atoms. The molecule has 0 radical (unpaired) electrons. The van der Waals surface area contributed by atoms with Crippen molar-refractivity contribution in [3.05, 3.63) is 98.9 Å². The van der Waals surface area contributed by atoms with Crippen molar-refractivity contribution in [3.8, 4) is 0 Å². The molecule has 8 rings (SSSR count). The molecule has 10 nitrogen and oxygen atoms in total. The Morgan fingerprint density at radius 1 is 0.421 bits per heavy atom. The molecule has 0 fully saturated rings. The lowest BCUT2D eigenvalue weighted by molar-refractivity contribution is 0.532. The van der Waals surface area contributed by atoms with E-state index < -0.39 is 0 Å². The number of aromatic nitrogens is 4. The van der Waals surface area contributed by atoms with Gasteiger partial charge in [0.25, 0.3) is 0 Å². The highest BCUT2D eigenvalue weighted by Gasteiger charge is 2.25. The summed E-state index contributed by atoms with van der Waals surface area (Å²) in [5.74, 6) is 2.05. The van der Waals surface area contributed by atoms with Gasteiger partial charge in [-0.05, 0) is 33.7 Å². The second-order valence-electron chi connectivity index (χ2n) is 8.62. The minimum atomic E-state index is 0.513. The van der Waals surface area contributed by atoms with Crippen LogP contribution in [0.5, 0.6) is 0 Å². The average Bonchev–Trinajstić information content (AvgIpc) is 3.78. The van der Waals surface area contributed by atoms with E-state index in [2.05, 4.69) is 56.3 Å². The Balaban J connectivity index is 1.43. The SMILES string of the molecule is c1ncc(N(c2cnco2)c2ccc3ccc4c(N(c5cnco5)c5cnco5)ccc5ccc2c3c54)o1. The van der Waals surface area contributed by atoms with E-state index in [-0.39, 0.29) is 0 Å². The van der Waals surface area contributed by atoms with Crippen LogP contribution in [0.1, 0.15) is 0 Å². The van der Waals surface area contributed by atoms with Gasteiger partial charge in [-0.2, -0.15) is 0 Å². The van der Waals surface area contributed by atoms with Crippen molar-refractivity contribution in [2.75, 3.05) is 9.80 Å². The third kappa shape index (κ3) is 2.94. The van der Waals surface area contributed by atoms with Crippen molar-refractivity contribution in [1.82, 2.24) is 19.9 Å². The summed E-state index contributed by atoms with van der Waals surface area (Å²) in [6, 6.07) is 16.7. The smallest absolute Gasteiger partial charge is 0.227 e. The summed E-state index contributed by atoms with van der Waals surface area (Å²) in [5.41, 5.74) is 1.74. The Bertz CT molecular complexity index is 1770. The van der Waals surface area contributed by atoms with Crippen molar-refractivity contribution in [3.63, 3.8) is 0 Å². The summed E-state index contributed by atoms with van der Waals surface area (Å²) in [5, 5.41) is 6.41. The number of benzene rings is 4. The minimum Gasteiger partial charge on any atom is -0.427 e. The summed E-state index contributed by atoms with van der Waals surface area (Å²) in [4.78, 5) is 20.2. The van der Waals surface area contributed by atoms with Crippen molar-refractivity contribution >= 4 is 67.2 Å². The predicted octanol–water partition coefficient (Wildman–Crippen LogP) is 7.48. The number of hydrogen-bond donors (Lipinski definition) is 0. The summed E-state index contributed by atoms with van der Waals surface area (Å²) in [6.45, 7) is 0. The largest absolute Gasteiger partial charge is 0.427 e. The molecule has 8 aromatic rings. The molecule has 182 valence electrons. The number of oxazole rings is 4. The average molecular weight is 500 g/mol. The number of hydrogen-bond acceptors (Lipinski definition) is 10. The van der Waals surface area contributed by atoms with Crippen LogP contribution in [-0.2, 0) is 0 Å². The summed E-state index contributed by atoms with van der Waals surface area (Å²) < 4.78 is 22.7. The maximum absolute atomic E-state index is 5.69. The second-order valence-corrected chi connectivity index (χ2v) is 8.62. The molecule has 0 aliphatic carbocycles. The normalized spacial score (nSPS) is 11.7. The van der Waals surface area contributed by atoms with E-state index in [1.54, 1.807) is 24.8 Å². The maximum atomic E-state index is 5.69. The zero-order valence-corrected chi connectivity index (χ0v) is 19.6. The molecule has 0 aliphatic rings. The Kier molecular flexibility index (Phi) is 4.29. The van der Waals surface area contributed by atoms with Crippen LogP contribution in [0, 0.1) is 0 Å². The molecule has 0 N–H and O–H groups in total. The fourth-order valence-corrected chi connectivity index (χ4v) is 5.13. The second kappa shape index (κ2) is 7.93. The van der Waals surface area contributed by atoms with Gasteiger partial charge in [-0.25, -0.2) is 29.7 Å². The van der Waals surface area contributed by atoms with E-state index in [9.17, 15) is 0 Å². The molecule has 0 aliphatic heterocycles. The topological polar surface area (TPSA) is 111 Å².